The molecular formula is C11H11BrN4S. The van der Waals surface area contributed by atoms with Gasteiger partial charge < -0.3 is 11.1 Å². The van der Waals surface area contributed by atoms with Gasteiger partial charge in [0.2, 0.25) is 0 Å². The van der Waals surface area contributed by atoms with Gasteiger partial charge in [-0.15, -0.1) is 0 Å². The number of anilines is 3. The summed E-state index contributed by atoms with van der Waals surface area (Å²) in [6.45, 7) is 0. The summed E-state index contributed by atoms with van der Waals surface area (Å²) in [5.74, 6) is 1.16. The first kappa shape index (κ1) is 12.2. The number of thioether (sulfide) groups is 1. The lowest BCUT2D eigenvalue weighted by molar-refractivity contribution is 0.984. The molecule has 0 spiro atoms. The summed E-state index contributed by atoms with van der Waals surface area (Å²) in [7, 11) is 0. The highest BCUT2D eigenvalue weighted by atomic mass is 79.9. The van der Waals surface area contributed by atoms with E-state index in [1.807, 2.05) is 30.5 Å². The molecule has 3 N–H and O–H groups in total. The van der Waals surface area contributed by atoms with E-state index in [1.54, 1.807) is 6.07 Å². The van der Waals surface area contributed by atoms with Gasteiger partial charge in [-0.1, -0.05) is 27.7 Å². The predicted octanol–water partition coefficient (Wildman–Crippen LogP) is 3.29. The molecule has 0 saturated carbocycles. The fraction of sp³-hybridized carbons (Fsp3) is 0.0909. The molecule has 0 saturated heterocycles. The molecular weight excluding hydrogens is 300 g/mol. The minimum Gasteiger partial charge on any atom is -0.383 e. The van der Waals surface area contributed by atoms with E-state index in [9.17, 15) is 0 Å². The van der Waals surface area contributed by atoms with Crippen LogP contribution in [0.5, 0.6) is 0 Å². The molecule has 0 atom stereocenters. The highest BCUT2D eigenvalue weighted by Gasteiger charge is 2.02. The Bertz CT molecular complexity index is 515. The van der Waals surface area contributed by atoms with E-state index >= 15 is 0 Å². The number of benzene rings is 1. The molecule has 0 aliphatic rings. The lowest BCUT2D eigenvalue weighted by Crippen LogP contribution is -1.99. The molecule has 0 aliphatic heterocycles. The van der Waals surface area contributed by atoms with Gasteiger partial charge in [0, 0.05) is 16.2 Å². The second-order valence-electron chi connectivity index (χ2n) is 3.30. The van der Waals surface area contributed by atoms with Crippen molar-refractivity contribution in [1.82, 2.24) is 9.97 Å². The fourth-order valence-electron chi connectivity index (χ4n) is 1.28. The van der Waals surface area contributed by atoms with Gasteiger partial charge >= 0.3 is 0 Å². The van der Waals surface area contributed by atoms with E-state index in [0.29, 0.717) is 16.8 Å². The topological polar surface area (TPSA) is 63.8 Å². The Morgan fingerprint density at radius 2 is 1.94 bits per heavy atom. The summed E-state index contributed by atoms with van der Waals surface area (Å²) < 4.78 is 1.04. The van der Waals surface area contributed by atoms with Crippen LogP contribution in [-0.4, -0.2) is 16.2 Å². The molecule has 1 aromatic heterocycles. The number of nitrogens with two attached hydrogens (primary N) is 1. The molecule has 0 aliphatic carbocycles. The molecule has 0 fully saturated rings. The summed E-state index contributed by atoms with van der Waals surface area (Å²) in [5, 5.41) is 3.84. The minimum atomic E-state index is 0.462. The lowest BCUT2D eigenvalue weighted by Gasteiger charge is -2.07. The first-order chi connectivity index (χ1) is 8.17. The maximum Gasteiger partial charge on any atom is 0.191 e. The highest BCUT2D eigenvalue weighted by Crippen LogP contribution is 2.20. The summed E-state index contributed by atoms with van der Waals surface area (Å²) in [6, 6.07) is 9.55. The summed E-state index contributed by atoms with van der Waals surface area (Å²) in [4.78, 5) is 8.41. The van der Waals surface area contributed by atoms with Crippen LogP contribution < -0.4 is 11.1 Å². The van der Waals surface area contributed by atoms with Crippen LogP contribution in [0.15, 0.2) is 40.0 Å². The molecule has 2 aromatic rings. The molecule has 1 aromatic carbocycles. The standard InChI is InChI=1S/C11H11BrN4S/c1-17-11-15-9(13)6-10(16-11)14-8-4-2-7(12)3-5-8/h2-6H,1H3,(H3,13,14,15,16). The lowest BCUT2D eigenvalue weighted by atomic mass is 10.3. The predicted molar refractivity (Wildman–Crippen MR) is 75.7 cm³/mol. The molecule has 0 radical (unpaired) electrons. The Hall–Kier alpha value is -1.27. The third kappa shape index (κ3) is 3.34. The van der Waals surface area contributed by atoms with E-state index in [1.165, 1.54) is 11.8 Å². The van der Waals surface area contributed by atoms with Crippen molar-refractivity contribution in [1.29, 1.82) is 0 Å². The van der Waals surface area contributed by atoms with Gasteiger partial charge in [0.1, 0.15) is 11.6 Å². The maximum absolute atomic E-state index is 5.70. The van der Waals surface area contributed by atoms with Crippen LogP contribution in [0, 0.1) is 0 Å². The van der Waals surface area contributed by atoms with Crippen LogP contribution in [0.2, 0.25) is 0 Å². The zero-order valence-corrected chi connectivity index (χ0v) is 11.5. The van der Waals surface area contributed by atoms with E-state index in [2.05, 4.69) is 31.2 Å². The molecule has 88 valence electrons. The van der Waals surface area contributed by atoms with Crippen molar-refractivity contribution in [2.75, 3.05) is 17.3 Å². The maximum atomic E-state index is 5.70. The summed E-state index contributed by atoms with van der Waals surface area (Å²) >= 11 is 4.85. The van der Waals surface area contributed by atoms with Crippen LogP contribution in [0.25, 0.3) is 0 Å². The van der Waals surface area contributed by atoms with Gasteiger partial charge in [0.05, 0.1) is 0 Å². The normalized spacial score (nSPS) is 10.2. The van der Waals surface area contributed by atoms with Crippen molar-refractivity contribution in [3.8, 4) is 0 Å². The van der Waals surface area contributed by atoms with Crippen LogP contribution in [0.4, 0.5) is 17.3 Å². The molecule has 17 heavy (non-hydrogen) atoms. The van der Waals surface area contributed by atoms with Crippen molar-refractivity contribution in [2.24, 2.45) is 0 Å². The second-order valence-corrected chi connectivity index (χ2v) is 4.99. The first-order valence-corrected chi connectivity index (χ1v) is 6.90. The first-order valence-electron chi connectivity index (χ1n) is 4.88. The van der Waals surface area contributed by atoms with Crippen molar-refractivity contribution in [3.63, 3.8) is 0 Å². The summed E-state index contributed by atoms with van der Waals surface area (Å²) in [5.41, 5.74) is 6.66. The van der Waals surface area contributed by atoms with Gasteiger partial charge in [-0.3, -0.25) is 0 Å². The van der Waals surface area contributed by atoms with Crippen molar-refractivity contribution in [2.45, 2.75) is 5.16 Å². The average Bonchev–Trinajstić information content (AvgIpc) is 2.31. The Kier molecular flexibility index (Phi) is 3.86. The monoisotopic (exact) mass is 310 g/mol. The van der Waals surface area contributed by atoms with Crippen LogP contribution in [0.1, 0.15) is 0 Å². The van der Waals surface area contributed by atoms with Gasteiger partial charge in [-0.25, -0.2) is 9.97 Å². The number of nitrogen functional groups attached to an aromatic ring is 1. The minimum absolute atomic E-state index is 0.462. The third-order valence-corrected chi connectivity index (χ3v) is 3.10. The van der Waals surface area contributed by atoms with Crippen molar-refractivity contribution in [3.05, 3.63) is 34.8 Å². The molecule has 4 nitrogen and oxygen atoms in total. The highest BCUT2D eigenvalue weighted by molar-refractivity contribution is 9.10. The van der Waals surface area contributed by atoms with E-state index in [-0.39, 0.29) is 0 Å². The van der Waals surface area contributed by atoms with Gasteiger partial charge in [-0.05, 0) is 30.5 Å². The second kappa shape index (κ2) is 5.37. The number of nitrogens with one attached hydrogen (secondary N) is 1. The van der Waals surface area contributed by atoms with Crippen LogP contribution in [-0.2, 0) is 0 Å². The van der Waals surface area contributed by atoms with E-state index < -0.39 is 0 Å². The third-order valence-electron chi connectivity index (χ3n) is 2.02. The van der Waals surface area contributed by atoms with Gasteiger partial charge in [0.25, 0.3) is 0 Å². The van der Waals surface area contributed by atoms with Crippen molar-refractivity contribution < 1.29 is 0 Å². The Balaban J connectivity index is 2.23. The van der Waals surface area contributed by atoms with Gasteiger partial charge in [0.15, 0.2) is 5.16 Å². The number of nitrogens with zero attached hydrogens (tertiary/aromatic N) is 2. The Morgan fingerprint density at radius 1 is 1.24 bits per heavy atom. The molecule has 0 unspecified atom stereocenters. The van der Waals surface area contributed by atoms with Crippen LogP contribution in [0.3, 0.4) is 0 Å². The largest absolute Gasteiger partial charge is 0.383 e. The van der Waals surface area contributed by atoms with Crippen molar-refractivity contribution >= 4 is 45.0 Å². The number of halogens is 1. The molecule has 1 heterocycles. The molecule has 2 rings (SSSR count). The van der Waals surface area contributed by atoms with Gasteiger partial charge in [-0.2, -0.15) is 0 Å². The smallest absolute Gasteiger partial charge is 0.191 e. The fourth-order valence-corrected chi connectivity index (χ4v) is 1.93. The van der Waals surface area contributed by atoms with E-state index in [0.717, 1.165) is 10.2 Å². The summed E-state index contributed by atoms with van der Waals surface area (Å²) in [6.07, 6.45) is 1.91. The Morgan fingerprint density at radius 3 is 2.59 bits per heavy atom. The zero-order valence-electron chi connectivity index (χ0n) is 9.14. The zero-order chi connectivity index (χ0) is 12.3. The average molecular weight is 311 g/mol. The molecule has 0 bridgehead atoms. The Labute approximate surface area is 112 Å². The number of rotatable bonds is 3. The molecule has 0 amide bonds. The number of hydrogen-bond donors (Lipinski definition) is 2. The van der Waals surface area contributed by atoms with Crippen LogP contribution >= 0.6 is 27.7 Å². The quantitative estimate of drug-likeness (QED) is 0.673. The molecule has 6 heteroatoms. The van der Waals surface area contributed by atoms with E-state index in [4.69, 9.17) is 5.73 Å². The number of aromatic nitrogens is 2. The number of hydrogen-bond acceptors (Lipinski definition) is 5. The SMILES string of the molecule is CSc1nc(N)cc(Nc2ccc(Br)cc2)n1.